The van der Waals surface area contributed by atoms with Crippen molar-refractivity contribution < 1.29 is 14.3 Å². The number of anilines is 1. The molecule has 0 aliphatic carbocycles. The molecule has 6 nitrogen and oxygen atoms in total. The normalized spacial score (nSPS) is 18.3. The molecule has 2 heterocycles. The molecule has 19 heavy (non-hydrogen) atoms. The summed E-state index contributed by atoms with van der Waals surface area (Å²) in [4.78, 5) is 28.8. The average Bonchev–Trinajstić information content (AvgIpc) is 3.00. The van der Waals surface area contributed by atoms with E-state index in [2.05, 4.69) is 10.3 Å². The first-order chi connectivity index (χ1) is 9.15. The van der Waals surface area contributed by atoms with Crippen LogP contribution < -0.4 is 5.32 Å². The molecule has 0 saturated carbocycles. The number of carbonyl (C=O) groups is 2. The van der Waals surface area contributed by atoms with Gasteiger partial charge in [-0.3, -0.25) is 9.59 Å². The summed E-state index contributed by atoms with van der Waals surface area (Å²) in [5.74, 6) is -0.354. The molecule has 1 atom stereocenters. The average molecular weight is 283 g/mol. The number of rotatable bonds is 5. The minimum atomic E-state index is -0.233. The summed E-state index contributed by atoms with van der Waals surface area (Å²) < 4.78 is 5.49. The molecule has 2 rings (SSSR count). The molecule has 1 aliphatic heterocycles. The number of hydrogen-bond acceptors (Lipinski definition) is 5. The number of ether oxygens (including phenoxy) is 1. The molecule has 1 unspecified atom stereocenters. The van der Waals surface area contributed by atoms with Crippen LogP contribution in [0.1, 0.15) is 19.8 Å². The van der Waals surface area contributed by atoms with E-state index < -0.39 is 0 Å². The van der Waals surface area contributed by atoms with E-state index in [-0.39, 0.29) is 24.5 Å². The molecule has 1 saturated heterocycles. The van der Waals surface area contributed by atoms with Gasteiger partial charge in [-0.05, 0) is 12.8 Å². The van der Waals surface area contributed by atoms with Crippen LogP contribution in [0.2, 0.25) is 0 Å². The van der Waals surface area contributed by atoms with Gasteiger partial charge < -0.3 is 15.0 Å². The molecule has 104 valence electrons. The highest BCUT2D eigenvalue weighted by molar-refractivity contribution is 7.13. The first kappa shape index (κ1) is 14.0. The Balaban J connectivity index is 1.85. The van der Waals surface area contributed by atoms with Gasteiger partial charge in [0.05, 0.1) is 6.10 Å². The minimum absolute atomic E-state index is 0.0365. The summed E-state index contributed by atoms with van der Waals surface area (Å²) in [6, 6.07) is 0. The van der Waals surface area contributed by atoms with Gasteiger partial charge in [0, 0.05) is 31.7 Å². The Bertz CT molecular complexity index is 429. The van der Waals surface area contributed by atoms with E-state index in [0.717, 1.165) is 19.4 Å². The quantitative estimate of drug-likeness (QED) is 0.878. The molecule has 0 bridgehead atoms. The van der Waals surface area contributed by atoms with E-state index in [4.69, 9.17) is 4.74 Å². The maximum absolute atomic E-state index is 11.8. The van der Waals surface area contributed by atoms with Gasteiger partial charge in [0.2, 0.25) is 11.8 Å². The van der Waals surface area contributed by atoms with E-state index in [9.17, 15) is 9.59 Å². The highest BCUT2D eigenvalue weighted by atomic mass is 32.1. The molecule has 1 fully saturated rings. The van der Waals surface area contributed by atoms with Crippen LogP contribution in [0.5, 0.6) is 0 Å². The Morgan fingerprint density at radius 1 is 1.63 bits per heavy atom. The maximum Gasteiger partial charge on any atom is 0.245 e. The van der Waals surface area contributed by atoms with E-state index in [1.165, 1.54) is 23.2 Å². The monoisotopic (exact) mass is 283 g/mol. The van der Waals surface area contributed by atoms with Crippen molar-refractivity contribution in [1.29, 1.82) is 0 Å². The second kappa shape index (κ2) is 6.63. The predicted octanol–water partition coefficient (Wildman–Crippen LogP) is 1.11. The first-order valence-corrected chi connectivity index (χ1v) is 7.09. The van der Waals surface area contributed by atoms with Gasteiger partial charge in [-0.1, -0.05) is 0 Å². The molecule has 0 radical (unpaired) electrons. The molecule has 1 N–H and O–H groups in total. The van der Waals surface area contributed by atoms with Crippen LogP contribution in [-0.2, 0) is 14.3 Å². The molecule has 0 spiro atoms. The van der Waals surface area contributed by atoms with Crippen molar-refractivity contribution in [3.63, 3.8) is 0 Å². The Kier molecular flexibility index (Phi) is 4.86. The molecule has 0 aromatic carbocycles. The van der Waals surface area contributed by atoms with Crippen molar-refractivity contribution in [2.24, 2.45) is 0 Å². The van der Waals surface area contributed by atoms with Gasteiger partial charge in [0.15, 0.2) is 5.13 Å². The summed E-state index contributed by atoms with van der Waals surface area (Å²) in [5.41, 5.74) is 0. The van der Waals surface area contributed by atoms with E-state index in [0.29, 0.717) is 11.7 Å². The highest BCUT2D eigenvalue weighted by Crippen LogP contribution is 2.14. The Morgan fingerprint density at radius 2 is 2.47 bits per heavy atom. The van der Waals surface area contributed by atoms with E-state index >= 15 is 0 Å². The number of nitrogens with one attached hydrogen (secondary N) is 1. The van der Waals surface area contributed by atoms with Gasteiger partial charge in [-0.15, -0.1) is 11.3 Å². The molecular weight excluding hydrogens is 266 g/mol. The molecule has 1 aromatic heterocycles. The van der Waals surface area contributed by atoms with Crippen molar-refractivity contribution in [3.05, 3.63) is 11.6 Å². The number of carbonyl (C=O) groups excluding carboxylic acids is 2. The summed E-state index contributed by atoms with van der Waals surface area (Å²) in [6.07, 6.45) is 3.63. The number of thiazole rings is 1. The van der Waals surface area contributed by atoms with Crippen molar-refractivity contribution in [2.45, 2.75) is 25.9 Å². The SMILES string of the molecule is CC(=O)N(CC(=O)Nc1nccs1)CC1CCCO1. The lowest BCUT2D eigenvalue weighted by atomic mass is 10.2. The van der Waals surface area contributed by atoms with Crippen molar-refractivity contribution >= 4 is 28.3 Å². The highest BCUT2D eigenvalue weighted by Gasteiger charge is 2.22. The lowest BCUT2D eigenvalue weighted by Crippen LogP contribution is -2.41. The van der Waals surface area contributed by atoms with Gasteiger partial charge in [-0.25, -0.2) is 4.98 Å². The fourth-order valence-electron chi connectivity index (χ4n) is 1.96. The minimum Gasteiger partial charge on any atom is -0.376 e. The molecule has 2 amide bonds. The Morgan fingerprint density at radius 3 is 3.05 bits per heavy atom. The number of nitrogens with zero attached hydrogens (tertiary/aromatic N) is 2. The van der Waals surface area contributed by atoms with Gasteiger partial charge >= 0.3 is 0 Å². The third-order valence-corrected chi connectivity index (χ3v) is 3.60. The van der Waals surface area contributed by atoms with Crippen molar-refractivity contribution in [2.75, 3.05) is 25.0 Å². The van der Waals surface area contributed by atoms with Crippen LogP contribution in [-0.4, -0.2) is 47.5 Å². The molecule has 1 aliphatic rings. The number of aromatic nitrogens is 1. The second-order valence-corrected chi connectivity index (χ2v) is 5.31. The fraction of sp³-hybridized carbons (Fsp3) is 0.583. The summed E-state index contributed by atoms with van der Waals surface area (Å²) in [5, 5.41) is 5.00. The smallest absolute Gasteiger partial charge is 0.245 e. The standard InChI is InChI=1S/C12H17N3O3S/c1-9(16)15(7-10-3-2-5-18-10)8-11(17)14-12-13-4-6-19-12/h4,6,10H,2-3,5,7-8H2,1H3,(H,13,14,17). The van der Waals surface area contributed by atoms with Gasteiger partial charge in [0.1, 0.15) is 6.54 Å². The third kappa shape index (κ3) is 4.29. The van der Waals surface area contributed by atoms with Crippen LogP contribution in [0, 0.1) is 0 Å². The summed E-state index contributed by atoms with van der Waals surface area (Å²) >= 11 is 1.35. The zero-order valence-electron chi connectivity index (χ0n) is 10.8. The third-order valence-electron chi connectivity index (χ3n) is 2.91. The van der Waals surface area contributed by atoms with Gasteiger partial charge in [0.25, 0.3) is 0 Å². The Labute approximate surface area is 115 Å². The lowest BCUT2D eigenvalue weighted by Gasteiger charge is -2.23. The van der Waals surface area contributed by atoms with E-state index in [1.807, 2.05) is 0 Å². The van der Waals surface area contributed by atoms with Crippen molar-refractivity contribution in [1.82, 2.24) is 9.88 Å². The Hall–Kier alpha value is -1.47. The topological polar surface area (TPSA) is 71.5 Å². The van der Waals surface area contributed by atoms with Crippen LogP contribution in [0.25, 0.3) is 0 Å². The number of amides is 2. The largest absolute Gasteiger partial charge is 0.376 e. The zero-order chi connectivity index (χ0) is 13.7. The van der Waals surface area contributed by atoms with Gasteiger partial charge in [-0.2, -0.15) is 0 Å². The van der Waals surface area contributed by atoms with Crippen LogP contribution in [0.3, 0.4) is 0 Å². The lowest BCUT2D eigenvalue weighted by molar-refractivity contribution is -0.134. The van der Waals surface area contributed by atoms with Crippen molar-refractivity contribution in [3.8, 4) is 0 Å². The summed E-state index contributed by atoms with van der Waals surface area (Å²) in [7, 11) is 0. The maximum atomic E-state index is 11.8. The van der Waals surface area contributed by atoms with E-state index in [1.54, 1.807) is 11.6 Å². The number of hydrogen-bond donors (Lipinski definition) is 1. The predicted molar refractivity (Wildman–Crippen MR) is 72.0 cm³/mol. The second-order valence-electron chi connectivity index (χ2n) is 4.42. The first-order valence-electron chi connectivity index (χ1n) is 6.21. The fourth-order valence-corrected chi connectivity index (χ4v) is 2.50. The van der Waals surface area contributed by atoms with Crippen LogP contribution >= 0.6 is 11.3 Å². The van der Waals surface area contributed by atoms with Crippen LogP contribution in [0.4, 0.5) is 5.13 Å². The van der Waals surface area contributed by atoms with Crippen LogP contribution in [0.15, 0.2) is 11.6 Å². The zero-order valence-corrected chi connectivity index (χ0v) is 11.6. The molecule has 1 aromatic rings. The molecule has 7 heteroatoms. The summed E-state index contributed by atoms with van der Waals surface area (Å²) in [6.45, 7) is 2.71. The molecular formula is C12H17N3O3S.